The Morgan fingerprint density at radius 1 is 1.45 bits per heavy atom. The molecule has 0 aliphatic heterocycles. The van der Waals surface area contributed by atoms with E-state index in [4.69, 9.17) is 0 Å². The maximum Gasteiger partial charge on any atom is 1.00 e. The van der Waals surface area contributed by atoms with Gasteiger partial charge in [-0.25, -0.2) is 0 Å². The van der Waals surface area contributed by atoms with Gasteiger partial charge in [-0.05, 0) is 17.9 Å². The summed E-state index contributed by atoms with van der Waals surface area (Å²) in [6.07, 6.45) is -0.920. The van der Waals surface area contributed by atoms with Crippen molar-refractivity contribution < 1.29 is 64.3 Å². The van der Waals surface area contributed by atoms with Gasteiger partial charge in [-0.2, -0.15) is 0 Å². The van der Waals surface area contributed by atoms with Crippen LogP contribution in [0.25, 0.3) is 0 Å². The van der Waals surface area contributed by atoms with E-state index in [0.717, 1.165) is 11.5 Å². The van der Waals surface area contributed by atoms with Crippen molar-refractivity contribution in [1.29, 1.82) is 0 Å². The number of rotatable bonds is 2. The van der Waals surface area contributed by atoms with E-state index < -0.39 is 13.3 Å². The van der Waals surface area contributed by atoms with E-state index in [1.165, 1.54) is 5.38 Å². The largest absolute Gasteiger partial charge is 1.00 e. The van der Waals surface area contributed by atoms with Crippen molar-refractivity contribution in [3.63, 3.8) is 0 Å². The first-order valence-electron chi connectivity index (χ1n) is 2.55. The molecule has 0 saturated heterocycles. The summed E-state index contributed by atoms with van der Waals surface area (Å²) in [7, 11) is 0. The molecule has 0 aromatic carbocycles. The van der Waals surface area contributed by atoms with Gasteiger partial charge >= 0.3 is 58.4 Å². The summed E-state index contributed by atoms with van der Waals surface area (Å²) >= 11 is 0.929. The third kappa shape index (κ3) is 5.32. The van der Waals surface area contributed by atoms with E-state index in [2.05, 4.69) is 9.59 Å². The van der Waals surface area contributed by atoms with E-state index in [1.807, 2.05) is 0 Å². The average Bonchev–Trinajstić information content (AvgIpc) is 2.12. The molecule has 0 aliphatic carbocycles. The van der Waals surface area contributed by atoms with Crippen LogP contribution in [0, 0.1) is 0 Å². The zero-order valence-corrected chi connectivity index (χ0v) is 9.74. The molecule has 0 spiro atoms. The molecule has 0 N–H and O–H groups in total. The van der Waals surface area contributed by atoms with Crippen molar-refractivity contribution in [3.8, 4) is 0 Å². The number of nitrogens with zero attached hydrogens (tertiary/aromatic N) is 2. The van der Waals surface area contributed by atoms with E-state index in [0.29, 0.717) is 0 Å². The van der Waals surface area contributed by atoms with E-state index in [9.17, 15) is 12.9 Å². The van der Waals surface area contributed by atoms with E-state index >= 15 is 0 Å². The second-order valence-corrected chi connectivity index (χ2v) is 2.42. The van der Waals surface area contributed by atoms with Crippen LogP contribution in [0.1, 0.15) is 5.69 Å². The van der Waals surface area contributed by atoms with Crippen LogP contribution in [-0.4, -0.2) is 16.6 Å². The van der Waals surface area contributed by atoms with Gasteiger partial charge in [-0.3, -0.25) is 0 Å². The van der Waals surface area contributed by atoms with Crippen LogP contribution in [0.2, 0.25) is 0 Å². The van der Waals surface area contributed by atoms with Gasteiger partial charge in [0.2, 0.25) is 0 Å². The van der Waals surface area contributed by atoms with Gasteiger partial charge in [-0.15, -0.1) is 5.10 Å². The Balaban J connectivity index is 0.000001000. The molecule has 8 heteroatoms. The molecule has 0 fully saturated rings. The molecule has 56 valence electrons. The van der Waals surface area contributed by atoms with Crippen molar-refractivity contribution in [2.45, 2.75) is 6.32 Å². The summed E-state index contributed by atoms with van der Waals surface area (Å²) < 4.78 is 38.2. The first-order valence-corrected chi connectivity index (χ1v) is 3.38. The molecule has 0 aliphatic rings. The molecule has 1 aromatic heterocycles. The smallest absolute Gasteiger partial charge is 0.449 e. The van der Waals surface area contributed by atoms with Gasteiger partial charge in [0.15, 0.2) is 0 Å². The summed E-state index contributed by atoms with van der Waals surface area (Å²) in [5, 5.41) is 4.57. The molecule has 11 heavy (non-hydrogen) atoms. The second kappa shape index (κ2) is 4.93. The molecule has 0 bridgehead atoms. The van der Waals surface area contributed by atoms with Gasteiger partial charge in [0.25, 0.3) is 0 Å². The molecule has 0 unspecified atom stereocenters. The molecule has 1 heterocycles. The number of aromatic nitrogens is 2. The predicted octanol–water partition coefficient (Wildman–Crippen LogP) is -1.53. The minimum Gasteiger partial charge on any atom is -0.449 e. The summed E-state index contributed by atoms with van der Waals surface area (Å²) in [5.41, 5.74) is 0.0116. The van der Waals surface area contributed by atoms with Crippen molar-refractivity contribution in [1.82, 2.24) is 9.59 Å². The Hall–Kier alpha value is 1.05. The SMILES string of the molecule is F[B-](F)(F)Cc1csnn1.[K+]. The first kappa shape index (κ1) is 12.1. The molecule has 0 radical (unpaired) electrons. The normalized spacial score (nSPS) is 10.8. The quantitative estimate of drug-likeness (QED) is 0.549. The summed E-state index contributed by atoms with van der Waals surface area (Å²) in [6.45, 7) is -4.75. The molecular weight excluding hydrogens is 203 g/mol. The van der Waals surface area contributed by atoms with E-state index in [-0.39, 0.29) is 57.1 Å². The van der Waals surface area contributed by atoms with Gasteiger partial charge in [0, 0.05) is 11.1 Å². The molecule has 2 nitrogen and oxygen atoms in total. The standard InChI is InChI=1S/C3H3BF3N2S.K/c5-4(6,7)1-3-2-10-9-8-3;/h2H,1H2;/q-1;+1. The minimum absolute atomic E-state index is 0. The van der Waals surface area contributed by atoms with Crippen LogP contribution >= 0.6 is 11.5 Å². The Kier molecular flexibility index (Phi) is 5.40. The minimum atomic E-state index is -4.75. The van der Waals surface area contributed by atoms with Gasteiger partial charge in [-0.1, -0.05) is 4.49 Å². The van der Waals surface area contributed by atoms with Crippen LogP contribution < -0.4 is 51.4 Å². The molecular formula is C3H3BF3KN2S. The number of hydrogen-bond donors (Lipinski definition) is 0. The second-order valence-electron chi connectivity index (χ2n) is 1.81. The average molecular weight is 206 g/mol. The van der Waals surface area contributed by atoms with Crippen molar-refractivity contribution in [3.05, 3.63) is 11.1 Å². The Labute approximate surface area is 108 Å². The van der Waals surface area contributed by atoms with Gasteiger partial charge < -0.3 is 12.9 Å². The van der Waals surface area contributed by atoms with Crippen LogP contribution in [0.3, 0.4) is 0 Å². The Morgan fingerprint density at radius 3 is 2.45 bits per heavy atom. The number of halogens is 3. The summed E-state index contributed by atoms with van der Waals surface area (Å²) in [4.78, 5) is 0. The predicted molar refractivity (Wildman–Crippen MR) is 32.7 cm³/mol. The van der Waals surface area contributed by atoms with Crippen molar-refractivity contribution >= 4 is 18.5 Å². The topological polar surface area (TPSA) is 25.8 Å². The maximum atomic E-state index is 11.6. The van der Waals surface area contributed by atoms with Crippen LogP contribution in [-0.2, 0) is 6.32 Å². The van der Waals surface area contributed by atoms with Crippen molar-refractivity contribution in [2.24, 2.45) is 0 Å². The van der Waals surface area contributed by atoms with Crippen LogP contribution in [0.15, 0.2) is 5.38 Å². The zero-order valence-electron chi connectivity index (χ0n) is 5.80. The fraction of sp³-hybridized carbons (Fsp3) is 0.333. The van der Waals surface area contributed by atoms with Gasteiger partial charge in [0.1, 0.15) is 0 Å². The number of hydrogen-bond acceptors (Lipinski definition) is 3. The van der Waals surface area contributed by atoms with Crippen LogP contribution in [0.5, 0.6) is 0 Å². The molecule has 1 aromatic rings. The Bertz CT molecular complexity index is 201. The summed E-state index contributed by atoms with van der Waals surface area (Å²) in [5.74, 6) is 0. The van der Waals surface area contributed by atoms with Crippen molar-refractivity contribution in [2.75, 3.05) is 0 Å². The molecule has 1 rings (SSSR count). The molecule has 0 saturated carbocycles. The Morgan fingerprint density at radius 2 is 2.09 bits per heavy atom. The molecule has 0 atom stereocenters. The fourth-order valence-corrected chi connectivity index (χ4v) is 0.974. The third-order valence-electron chi connectivity index (χ3n) is 0.846. The first-order chi connectivity index (χ1) is 4.58. The summed E-state index contributed by atoms with van der Waals surface area (Å²) in [6, 6.07) is 0. The fourth-order valence-electron chi connectivity index (χ4n) is 0.510. The zero-order chi connectivity index (χ0) is 7.61. The van der Waals surface area contributed by atoms with Gasteiger partial charge in [0.05, 0.1) is 0 Å². The third-order valence-corrected chi connectivity index (χ3v) is 1.40. The van der Waals surface area contributed by atoms with E-state index in [1.54, 1.807) is 0 Å². The maximum absolute atomic E-state index is 11.6. The van der Waals surface area contributed by atoms with Crippen LogP contribution in [0.4, 0.5) is 12.9 Å². The molecule has 0 amide bonds. The monoisotopic (exact) mass is 206 g/mol.